The van der Waals surface area contributed by atoms with Gasteiger partial charge in [0.15, 0.2) is 0 Å². The molecule has 0 aromatic heterocycles. The molecule has 7 heteroatoms. The van der Waals surface area contributed by atoms with Gasteiger partial charge in [-0.25, -0.2) is 0 Å². The van der Waals surface area contributed by atoms with Crippen molar-refractivity contribution in [1.82, 2.24) is 5.32 Å². The third-order valence-electron chi connectivity index (χ3n) is 5.96. The average molecular weight is 474 g/mol. The molecule has 3 aromatic rings. The van der Waals surface area contributed by atoms with E-state index in [-0.39, 0.29) is 36.2 Å². The fourth-order valence-corrected chi connectivity index (χ4v) is 4.36. The van der Waals surface area contributed by atoms with Crippen LogP contribution in [0, 0.1) is 0 Å². The Morgan fingerprint density at radius 3 is 2.26 bits per heavy atom. The second kappa shape index (κ2) is 11.1. The molecule has 1 aliphatic rings. The lowest BCUT2D eigenvalue weighted by molar-refractivity contribution is -0.118. The summed E-state index contributed by atoms with van der Waals surface area (Å²) in [6.45, 7) is 5.52. The van der Waals surface area contributed by atoms with Gasteiger partial charge in [-0.2, -0.15) is 0 Å². The molecule has 3 aromatic carbocycles. The predicted molar refractivity (Wildman–Crippen MR) is 137 cm³/mol. The van der Waals surface area contributed by atoms with Crippen LogP contribution in [0.3, 0.4) is 0 Å². The van der Waals surface area contributed by atoms with Gasteiger partial charge in [-0.05, 0) is 55.8 Å². The van der Waals surface area contributed by atoms with Crippen molar-refractivity contribution in [2.75, 3.05) is 23.3 Å². The molecule has 1 saturated heterocycles. The number of amides is 2. The van der Waals surface area contributed by atoms with Gasteiger partial charge in [0, 0.05) is 25.1 Å². The van der Waals surface area contributed by atoms with Crippen LogP contribution in [-0.4, -0.2) is 48.3 Å². The third kappa shape index (κ3) is 6.39. The van der Waals surface area contributed by atoms with Gasteiger partial charge in [-0.15, -0.1) is 0 Å². The van der Waals surface area contributed by atoms with E-state index in [1.54, 1.807) is 48.5 Å². The standard InChI is InChI=1S/C28H31N3O4/c1-19-17-31(18-20(2)35-19)26-11-7-6-10-24(26)29-28(34)25(16-21-12-14-23(32)15-13-21)30-27(33)22-8-4-3-5-9-22/h3-15,19-20,25,32H,16-18H2,1-2H3,(H,29,34)(H,30,33). The summed E-state index contributed by atoms with van der Waals surface area (Å²) in [6.07, 6.45) is 0.434. The molecule has 2 amide bonds. The number of para-hydroxylation sites is 2. The summed E-state index contributed by atoms with van der Waals surface area (Å²) in [5.41, 5.74) is 2.90. The van der Waals surface area contributed by atoms with Crippen molar-refractivity contribution in [2.24, 2.45) is 0 Å². The van der Waals surface area contributed by atoms with E-state index in [4.69, 9.17) is 4.74 Å². The van der Waals surface area contributed by atoms with Gasteiger partial charge in [0.2, 0.25) is 5.91 Å². The van der Waals surface area contributed by atoms with Crippen LogP contribution in [-0.2, 0) is 16.0 Å². The quantitative estimate of drug-likeness (QED) is 0.483. The Morgan fingerprint density at radius 2 is 1.57 bits per heavy atom. The minimum absolute atomic E-state index is 0.0786. The summed E-state index contributed by atoms with van der Waals surface area (Å²) >= 11 is 0. The van der Waals surface area contributed by atoms with Crippen molar-refractivity contribution in [3.05, 3.63) is 90.0 Å². The number of carbonyl (C=O) groups is 2. The second-order valence-corrected chi connectivity index (χ2v) is 8.93. The molecule has 1 fully saturated rings. The molecule has 1 heterocycles. The first kappa shape index (κ1) is 24.3. The molecule has 3 unspecified atom stereocenters. The number of ether oxygens (including phenoxy) is 1. The molecular formula is C28H31N3O4. The summed E-state index contributed by atoms with van der Waals surface area (Å²) in [4.78, 5) is 28.6. The number of rotatable bonds is 7. The highest BCUT2D eigenvalue weighted by molar-refractivity contribution is 6.02. The lowest BCUT2D eigenvalue weighted by atomic mass is 10.0. The summed E-state index contributed by atoms with van der Waals surface area (Å²) < 4.78 is 5.86. The van der Waals surface area contributed by atoms with E-state index in [1.807, 2.05) is 44.2 Å². The molecule has 1 aliphatic heterocycles. The lowest BCUT2D eigenvalue weighted by Crippen LogP contribution is -2.47. The number of carbonyl (C=O) groups excluding carboxylic acids is 2. The number of phenolic OH excluding ortho intramolecular Hbond substituents is 1. The molecule has 35 heavy (non-hydrogen) atoms. The topological polar surface area (TPSA) is 90.9 Å². The SMILES string of the molecule is CC1CN(c2ccccc2NC(=O)C(Cc2ccc(O)cc2)NC(=O)c2ccccc2)CC(C)O1. The van der Waals surface area contributed by atoms with E-state index in [9.17, 15) is 14.7 Å². The fraction of sp³-hybridized carbons (Fsp3) is 0.286. The van der Waals surface area contributed by atoms with Crippen LogP contribution in [0.2, 0.25) is 0 Å². The van der Waals surface area contributed by atoms with Crippen LogP contribution >= 0.6 is 0 Å². The number of morpholine rings is 1. The molecule has 0 saturated carbocycles. The Labute approximate surface area is 205 Å². The van der Waals surface area contributed by atoms with Crippen molar-refractivity contribution in [3.63, 3.8) is 0 Å². The van der Waals surface area contributed by atoms with Gasteiger partial charge < -0.3 is 25.4 Å². The predicted octanol–water partition coefficient (Wildman–Crippen LogP) is 3.99. The Kier molecular flexibility index (Phi) is 7.67. The smallest absolute Gasteiger partial charge is 0.251 e. The molecule has 182 valence electrons. The first-order valence-corrected chi connectivity index (χ1v) is 11.8. The summed E-state index contributed by atoms with van der Waals surface area (Å²) in [5, 5.41) is 15.5. The Balaban J connectivity index is 1.56. The van der Waals surface area contributed by atoms with Crippen molar-refractivity contribution in [1.29, 1.82) is 0 Å². The normalized spacial score (nSPS) is 18.5. The number of phenols is 1. The molecule has 0 aliphatic carbocycles. The zero-order chi connectivity index (χ0) is 24.8. The van der Waals surface area contributed by atoms with Crippen molar-refractivity contribution in [3.8, 4) is 5.75 Å². The van der Waals surface area contributed by atoms with Crippen molar-refractivity contribution < 1.29 is 19.4 Å². The van der Waals surface area contributed by atoms with Crippen LogP contribution in [0.1, 0.15) is 29.8 Å². The zero-order valence-electron chi connectivity index (χ0n) is 20.0. The number of hydrogen-bond donors (Lipinski definition) is 3. The van der Waals surface area contributed by atoms with Crippen molar-refractivity contribution in [2.45, 2.75) is 38.5 Å². The Morgan fingerprint density at radius 1 is 0.943 bits per heavy atom. The molecule has 3 atom stereocenters. The van der Waals surface area contributed by atoms with Gasteiger partial charge in [-0.1, -0.05) is 42.5 Å². The van der Waals surface area contributed by atoms with Gasteiger partial charge in [-0.3, -0.25) is 9.59 Å². The summed E-state index contributed by atoms with van der Waals surface area (Å²) in [6, 6.07) is 22.3. The zero-order valence-corrected chi connectivity index (χ0v) is 20.0. The van der Waals surface area contributed by atoms with E-state index in [2.05, 4.69) is 15.5 Å². The van der Waals surface area contributed by atoms with E-state index < -0.39 is 6.04 Å². The number of anilines is 2. The largest absolute Gasteiger partial charge is 0.508 e. The molecule has 0 radical (unpaired) electrons. The highest BCUT2D eigenvalue weighted by Crippen LogP contribution is 2.29. The highest BCUT2D eigenvalue weighted by atomic mass is 16.5. The van der Waals surface area contributed by atoms with E-state index >= 15 is 0 Å². The maximum absolute atomic E-state index is 13.5. The maximum atomic E-state index is 13.5. The van der Waals surface area contributed by atoms with E-state index in [1.165, 1.54) is 0 Å². The van der Waals surface area contributed by atoms with Crippen LogP contribution < -0.4 is 15.5 Å². The first-order chi connectivity index (χ1) is 16.9. The molecule has 0 bridgehead atoms. The van der Waals surface area contributed by atoms with Gasteiger partial charge in [0.1, 0.15) is 11.8 Å². The average Bonchev–Trinajstić information content (AvgIpc) is 2.85. The van der Waals surface area contributed by atoms with Crippen LogP contribution in [0.5, 0.6) is 5.75 Å². The van der Waals surface area contributed by atoms with Crippen LogP contribution in [0.15, 0.2) is 78.9 Å². The van der Waals surface area contributed by atoms with Crippen LogP contribution in [0.25, 0.3) is 0 Å². The van der Waals surface area contributed by atoms with E-state index in [0.29, 0.717) is 11.3 Å². The third-order valence-corrected chi connectivity index (χ3v) is 5.96. The number of aromatic hydroxyl groups is 1. The van der Waals surface area contributed by atoms with Gasteiger partial charge >= 0.3 is 0 Å². The first-order valence-electron chi connectivity index (χ1n) is 11.8. The Bertz CT molecular complexity index is 1140. The molecule has 0 spiro atoms. The number of nitrogens with one attached hydrogen (secondary N) is 2. The molecule has 7 nitrogen and oxygen atoms in total. The Hall–Kier alpha value is -3.84. The number of nitrogens with zero attached hydrogens (tertiary/aromatic N) is 1. The summed E-state index contributed by atoms with van der Waals surface area (Å²) in [7, 11) is 0. The minimum Gasteiger partial charge on any atom is -0.508 e. The maximum Gasteiger partial charge on any atom is 0.251 e. The summed E-state index contributed by atoms with van der Waals surface area (Å²) in [5.74, 6) is -0.497. The fourth-order valence-electron chi connectivity index (χ4n) is 4.36. The number of hydrogen-bond acceptors (Lipinski definition) is 5. The molecular weight excluding hydrogens is 442 g/mol. The van der Waals surface area contributed by atoms with Gasteiger partial charge in [0.05, 0.1) is 23.6 Å². The van der Waals surface area contributed by atoms with Crippen LogP contribution in [0.4, 0.5) is 11.4 Å². The van der Waals surface area contributed by atoms with Gasteiger partial charge in [0.25, 0.3) is 5.91 Å². The van der Waals surface area contributed by atoms with Crippen molar-refractivity contribution >= 4 is 23.2 Å². The monoisotopic (exact) mass is 473 g/mol. The molecule has 4 rings (SSSR count). The number of benzene rings is 3. The minimum atomic E-state index is -0.817. The second-order valence-electron chi connectivity index (χ2n) is 8.93. The lowest BCUT2D eigenvalue weighted by Gasteiger charge is -2.37. The molecule has 3 N–H and O–H groups in total. The van der Waals surface area contributed by atoms with E-state index in [0.717, 1.165) is 24.3 Å². The highest BCUT2D eigenvalue weighted by Gasteiger charge is 2.26.